The van der Waals surface area contributed by atoms with Gasteiger partial charge >= 0.3 is 0 Å². The Morgan fingerprint density at radius 3 is 2.72 bits per heavy atom. The smallest absolute Gasteiger partial charge is 0.255 e. The zero-order chi connectivity index (χ0) is 13.7. The second-order valence-electron chi connectivity index (χ2n) is 4.39. The number of carbonyl (C=O) groups is 1. The predicted molar refractivity (Wildman–Crippen MR) is 73.9 cm³/mol. The molecule has 0 heterocycles. The molecule has 0 aliphatic heterocycles. The van der Waals surface area contributed by atoms with Crippen LogP contribution in [0.3, 0.4) is 0 Å². The van der Waals surface area contributed by atoms with Crippen LogP contribution in [-0.4, -0.2) is 37.1 Å². The lowest BCUT2D eigenvalue weighted by atomic mass is 10.2. The maximum atomic E-state index is 12.1. The summed E-state index contributed by atoms with van der Waals surface area (Å²) in [5.41, 5.74) is 6.59. The Balaban J connectivity index is 2.63. The van der Waals surface area contributed by atoms with Crippen molar-refractivity contribution in [3.8, 4) is 0 Å². The molecule has 1 rings (SSSR count). The molecule has 1 amide bonds. The van der Waals surface area contributed by atoms with E-state index in [4.69, 9.17) is 22.1 Å². The van der Waals surface area contributed by atoms with Crippen molar-refractivity contribution in [1.82, 2.24) is 4.90 Å². The summed E-state index contributed by atoms with van der Waals surface area (Å²) in [6.07, 6.45) is 0.161. The summed E-state index contributed by atoms with van der Waals surface area (Å²) in [5.74, 6) is -0.132. The van der Waals surface area contributed by atoms with Crippen LogP contribution in [-0.2, 0) is 4.74 Å². The monoisotopic (exact) mass is 270 g/mol. The summed E-state index contributed by atoms with van der Waals surface area (Å²) in [4.78, 5) is 13.7. The molecule has 0 aliphatic carbocycles. The van der Waals surface area contributed by atoms with Crippen LogP contribution in [0.4, 0.5) is 5.69 Å². The fourth-order valence-corrected chi connectivity index (χ4v) is 1.71. The van der Waals surface area contributed by atoms with Gasteiger partial charge in [0.15, 0.2) is 0 Å². The molecule has 4 nitrogen and oxygen atoms in total. The van der Waals surface area contributed by atoms with Crippen molar-refractivity contribution in [2.75, 3.05) is 25.9 Å². The number of carbonyl (C=O) groups excluding carboxylic acids is 1. The largest absolute Gasteiger partial charge is 0.399 e. The summed E-state index contributed by atoms with van der Waals surface area (Å²) in [7, 11) is 1.72. The van der Waals surface area contributed by atoms with Crippen LogP contribution in [0, 0.1) is 0 Å². The number of rotatable bonds is 5. The van der Waals surface area contributed by atoms with Gasteiger partial charge in [0.05, 0.1) is 23.3 Å². The molecule has 0 saturated carbocycles. The third-order valence-electron chi connectivity index (χ3n) is 2.45. The van der Waals surface area contributed by atoms with Crippen LogP contribution >= 0.6 is 11.6 Å². The lowest BCUT2D eigenvalue weighted by molar-refractivity contribution is 0.0532. The molecule has 100 valence electrons. The first-order valence-electron chi connectivity index (χ1n) is 5.84. The molecular formula is C13H19ClN2O2. The molecule has 0 saturated heterocycles. The van der Waals surface area contributed by atoms with Crippen LogP contribution in [0.25, 0.3) is 0 Å². The minimum absolute atomic E-state index is 0.132. The van der Waals surface area contributed by atoms with Crippen LogP contribution in [0.1, 0.15) is 24.2 Å². The van der Waals surface area contributed by atoms with Crippen molar-refractivity contribution >= 4 is 23.2 Å². The minimum atomic E-state index is -0.132. The van der Waals surface area contributed by atoms with E-state index < -0.39 is 0 Å². The molecule has 0 radical (unpaired) electrons. The molecule has 0 unspecified atom stereocenters. The number of halogens is 1. The number of likely N-dealkylation sites (N-methyl/N-ethyl adjacent to an activating group) is 1. The second kappa shape index (κ2) is 6.61. The van der Waals surface area contributed by atoms with Gasteiger partial charge in [0.25, 0.3) is 5.91 Å². The molecule has 2 N–H and O–H groups in total. The summed E-state index contributed by atoms with van der Waals surface area (Å²) >= 11 is 5.99. The van der Waals surface area contributed by atoms with Crippen molar-refractivity contribution < 1.29 is 9.53 Å². The lowest BCUT2D eigenvalue weighted by Crippen LogP contribution is -2.31. The first-order valence-corrected chi connectivity index (χ1v) is 6.21. The summed E-state index contributed by atoms with van der Waals surface area (Å²) in [6, 6.07) is 4.88. The zero-order valence-electron chi connectivity index (χ0n) is 10.9. The highest BCUT2D eigenvalue weighted by Gasteiger charge is 2.15. The van der Waals surface area contributed by atoms with Gasteiger partial charge in [-0.3, -0.25) is 4.79 Å². The first kappa shape index (κ1) is 14.8. The highest BCUT2D eigenvalue weighted by Crippen LogP contribution is 2.20. The predicted octanol–water partition coefficient (Wildman–Crippen LogP) is 2.42. The number of amides is 1. The van der Waals surface area contributed by atoms with Gasteiger partial charge in [-0.25, -0.2) is 0 Å². The van der Waals surface area contributed by atoms with Gasteiger partial charge in [-0.15, -0.1) is 0 Å². The van der Waals surface area contributed by atoms with Crippen LogP contribution in [0.5, 0.6) is 0 Å². The summed E-state index contributed by atoms with van der Waals surface area (Å²) < 4.78 is 5.40. The zero-order valence-corrected chi connectivity index (χ0v) is 11.7. The number of hydrogen-bond acceptors (Lipinski definition) is 3. The van der Waals surface area contributed by atoms with Crippen LogP contribution in [0.2, 0.25) is 5.02 Å². The molecule has 0 bridgehead atoms. The molecule has 0 aliphatic rings. The van der Waals surface area contributed by atoms with E-state index in [2.05, 4.69) is 0 Å². The van der Waals surface area contributed by atoms with E-state index in [1.165, 1.54) is 0 Å². The van der Waals surface area contributed by atoms with Gasteiger partial charge < -0.3 is 15.4 Å². The molecule has 5 heteroatoms. The molecule has 1 aromatic rings. The number of nitrogens with two attached hydrogens (primary N) is 1. The maximum Gasteiger partial charge on any atom is 0.255 e. The van der Waals surface area contributed by atoms with Gasteiger partial charge in [0, 0.05) is 19.3 Å². The SMILES string of the molecule is CC(C)OCCN(C)C(=O)c1ccc(N)cc1Cl. The average molecular weight is 271 g/mol. The summed E-state index contributed by atoms with van der Waals surface area (Å²) in [5, 5.41) is 0.372. The first-order chi connectivity index (χ1) is 8.41. The Kier molecular flexibility index (Phi) is 5.44. The maximum absolute atomic E-state index is 12.1. The molecule has 0 aromatic heterocycles. The molecule has 0 atom stereocenters. The van der Waals surface area contributed by atoms with Crippen molar-refractivity contribution in [2.45, 2.75) is 20.0 Å². The van der Waals surface area contributed by atoms with Gasteiger partial charge in [-0.2, -0.15) is 0 Å². The number of benzene rings is 1. The molecule has 0 spiro atoms. The van der Waals surface area contributed by atoms with Crippen molar-refractivity contribution in [3.63, 3.8) is 0 Å². The van der Waals surface area contributed by atoms with Crippen LogP contribution < -0.4 is 5.73 Å². The third kappa shape index (κ3) is 4.20. The van der Waals surface area contributed by atoms with E-state index in [9.17, 15) is 4.79 Å². The van der Waals surface area contributed by atoms with Crippen molar-refractivity contribution in [2.24, 2.45) is 0 Å². The van der Waals surface area contributed by atoms with E-state index in [0.717, 1.165) is 0 Å². The Labute approximate surface area is 113 Å². The van der Waals surface area contributed by atoms with E-state index >= 15 is 0 Å². The second-order valence-corrected chi connectivity index (χ2v) is 4.79. The molecule has 0 fully saturated rings. The van der Waals surface area contributed by atoms with Gasteiger partial charge in [0.2, 0.25) is 0 Å². The number of ether oxygens (including phenoxy) is 1. The molecular weight excluding hydrogens is 252 g/mol. The number of nitrogens with zero attached hydrogens (tertiary/aromatic N) is 1. The van der Waals surface area contributed by atoms with E-state index in [1.54, 1.807) is 30.1 Å². The minimum Gasteiger partial charge on any atom is -0.399 e. The number of anilines is 1. The summed E-state index contributed by atoms with van der Waals surface area (Å²) in [6.45, 7) is 4.95. The normalized spacial score (nSPS) is 10.7. The highest BCUT2D eigenvalue weighted by atomic mass is 35.5. The van der Waals surface area contributed by atoms with E-state index in [-0.39, 0.29) is 12.0 Å². The molecule has 1 aromatic carbocycles. The topological polar surface area (TPSA) is 55.6 Å². The quantitative estimate of drug-likeness (QED) is 0.836. The number of hydrogen-bond donors (Lipinski definition) is 1. The Hall–Kier alpha value is -1.26. The Morgan fingerprint density at radius 1 is 1.50 bits per heavy atom. The lowest BCUT2D eigenvalue weighted by Gasteiger charge is -2.18. The molecule has 18 heavy (non-hydrogen) atoms. The van der Waals surface area contributed by atoms with Crippen LogP contribution in [0.15, 0.2) is 18.2 Å². The van der Waals surface area contributed by atoms with Gasteiger partial charge in [-0.05, 0) is 32.0 Å². The fourth-order valence-electron chi connectivity index (χ4n) is 1.44. The highest BCUT2D eigenvalue weighted by molar-refractivity contribution is 6.34. The van der Waals surface area contributed by atoms with E-state index in [1.807, 2.05) is 13.8 Å². The van der Waals surface area contributed by atoms with E-state index in [0.29, 0.717) is 29.4 Å². The Morgan fingerprint density at radius 2 is 2.17 bits per heavy atom. The van der Waals surface area contributed by atoms with Gasteiger partial charge in [-0.1, -0.05) is 11.6 Å². The standard InChI is InChI=1S/C13H19ClN2O2/c1-9(2)18-7-6-16(3)13(17)11-5-4-10(15)8-12(11)14/h4-5,8-9H,6-7,15H2,1-3H3. The third-order valence-corrected chi connectivity index (χ3v) is 2.76. The number of nitrogen functional groups attached to an aromatic ring is 1. The van der Waals surface area contributed by atoms with Crippen molar-refractivity contribution in [3.05, 3.63) is 28.8 Å². The van der Waals surface area contributed by atoms with Crippen molar-refractivity contribution in [1.29, 1.82) is 0 Å². The fraction of sp³-hybridized carbons (Fsp3) is 0.462. The van der Waals surface area contributed by atoms with Gasteiger partial charge in [0.1, 0.15) is 0 Å². The average Bonchev–Trinajstić information content (AvgIpc) is 2.27. The Bertz CT molecular complexity index is 421.